The molecule has 2 aromatic rings. The average molecular weight is 1080 g/mol. The van der Waals surface area contributed by atoms with Crippen LogP contribution in [0.2, 0.25) is 0 Å². The van der Waals surface area contributed by atoms with Crippen molar-refractivity contribution in [1.29, 1.82) is 0 Å². The van der Waals surface area contributed by atoms with Crippen molar-refractivity contribution in [1.82, 2.24) is 42.5 Å². The summed E-state index contributed by atoms with van der Waals surface area (Å²) in [6, 6.07) is 4.08. The molecule has 0 saturated carbocycles. The van der Waals surface area contributed by atoms with E-state index in [0.717, 1.165) is 19.3 Å². The Labute approximate surface area is 451 Å². The highest BCUT2D eigenvalue weighted by Crippen LogP contribution is 2.14. The number of phenols is 1. The molecular weight excluding hydrogens is 997 g/mol. The average Bonchev–Trinajstić information content (AvgIpc) is 3.39. The highest BCUT2D eigenvalue weighted by Gasteiger charge is 2.34. The number of aromatic hydroxyl groups is 1. The molecule has 0 aliphatic rings. The van der Waals surface area contributed by atoms with Gasteiger partial charge in [-0.05, 0) is 75.8 Å². The van der Waals surface area contributed by atoms with Crippen LogP contribution in [0.3, 0.4) is 0 Å². The van der Waals surface area contributed by atoms with Crippen molar-refractivity contribution in [3.8, 4) is 5.75 Å². The van der Waals surface area contributed by atoms with Crippen molar-refractivity contribution in [3.63, 3.8) is 0 Å². The van der Waals surface area contributed by atoms with Gasteiger partial charge in [-0.2, -0.15) is 0 Å². The molecule has 0 spiro atoms. The zero-order valence-corrected chi connectivity index (χ0v) is 44.9. The number of carbonyl (C=O) groups is 10. The third-order valence-corrected chi connectivity index (χ3v) is 12.6. The lowest BCUT2D eigenvalue weighted by molar-refractivity contribution is -0.141. The lowest BCUT2D eigenvalue weighted by atomic mass is 10.0. The third kappa shape index (κ3) is 28.0. The molecule has 2 aromatic carbocycles. The predicted molar refractivity (Wildman–Crippen MR) is 287 cm³/mol. The van der Waals surface area contributed by atoms with Gasteiger partial charge in [-0.1, -0.05) is 114 Å². The van der Waals surface area contributed by atoms with Crippen molar-refractivity contribution < 1.29 is 63.3 Å². The fourth-order valence-corrected chi connectivity index (χ4v) is 7.98. The number of benzene rings is 2. The third-order valence-electron chi connectivity index (χ3n) is 12.6. The number of aliphatic carboxylic acids is 1. The van der Waals surface area contributed by atoms with Crippen LogP contribution in [0.5, 0.6) is 5.75 Å². The fraction of sp³-hybridized carbons (Fsp3) is 0.593. The first-order valence-corrected chi connectivity index (χ1v) is 26.8. The number of hydrogen-bond donors (Lipinski definition) is 13. The Morgan fingerprint density at radius 1 is 0.494 bits per heavy atom. The molecule has 0 aromatic heterocycles. The van der Waals surface area contributed by atoms with Gasteiger partial charge in [0.15, 0.2) is 0 Å². The quantitative estimate of drug-likeness (QED) is 0.0413. The molecule has 77 heavy (non-hydrogen) atoms. The second-order valence-electron chi connectivity index (χ2n) is 19.3. The lowest BCUT2D eigenvalue weighted by Crippen LogP contribution is -2.61. The largest absolute Gasteiger partial charge is 0.508 e. The van der Waals surface area contributed by atoms with E-state index in [1.54, 1.807) is 30.3 Å². The van der Waals surface area contributed by atoms with Gasteiger partial charge in [0.2, 0.25) is 53.2 Å². The second-order valence-corrected chi connectivity index (χ2v) is 19.3. The van der Waals surface area contributed by atoms with Crippen LogP contribution in [0.15, 0.2) is 54.6 Å². The van der Waals surface area contributed by atoms with Gasteiger partial charge in [-0.25, -0.2) is 0 Å². The zero-order valence-electron chi connectivity index (χ0n) is 44.9. The van der Waals surface area contributed by atoms with E-state index < -0.39 is 109 Å². The second kappa shape index (κ2) is 37.6. The van der Waals surface area contributed by atoms with Crippen LogP contribution in [0.25, 0.3) is 0 Å². The van der Waals surface area contributed by atoms with Gasteiger partial charge in [-0.3, -0.25) is 47.9 Å². The van der Waals surface area contributed by atoms with Crippen LogP contribution in [0, 0.1) is 0 Å². The Bertz CT molecular complexity index is 2180. The van der Waals surface area contributed by atoms with E-state index in [1.165, 1.54) is 83.1 Å². The summed E-state index contributed by atoms with van der Waals surface area (Å²) in [7, 11) is 0. The maximum Gasteiger partial charge on any atom is 0.325 e. The molecule has 0 saturated heterocycles. The van der Waals surface area contributed by atoms with Crippen molar-refractivity contribution >= 4 is 59.1 Å². The first kappa shape index (κ1) is 66.0. The summed E-state index contributed by atoms with van der Waals surface area (Å²) in [5.74, 6) is -8.74. The number of rotatable bonds is 40. The number of aliphatic hydroxyl groups is 1. The number of carboxylic acid groups (broad SMARTS) is 1. The maximum absolute atomic E-state index is 14.1. The molecular formula is C54H84N10O13. The summed E-state index contributed by atoms with van der Waals surface area (Å²) in [6.45, 7) is 3.60. The normalized spacial score (nSPS) is 13.7. The summed E-state index contributed by atoms with van der Waals surface area (Å²) < 4.78 is 0. The Balaban J connectivity index is 2.17. The molecule has 23 heteroatoms. The molecule has 428 valence electrons. The van der Waals surface area contributed by atoms with Gasteiger partial charge in [0.05, 0.1) is 13.2 Å². The number of carboxylic acids is 1. The van der Waals surface area contributed by atoms with Crippen LogP contribution >= 0.6 is 0 Å². The van der Waals surface area contributed by atoms with E-state index in [1.807, 2.05) is 0 Å². The Hall–Kier alpha value is -7.14. The molecule has 0 unspecified atom stereocenters. The number of carbonyl (C=O) groups excluding carboxylic acids is 9. The molecule has 0 aliphatic heterocycles. The van der Waals surface area contributed by atoms with Crippen molar-refractivity contribution in [3.05, 3.63) is 65.7 Å². The van der Waals surface area contributed by atoms with E-state index in [2.05, 4.69) is 49.5 Å². The predicted octanol–water partition coefficient (Wildman–Crippen LogP) is 0.899. The first-order valence-electron chi connectivity index (χ1n) is 26.8. The first-order chi connectivity index (χ1) is 36.8. The van der Waals surface area contributed by atoms with Crippen LogP contribution in [0.4, 0.5) is 0 Å². The van der Waals surface area contributed by atoms with E-state index in [9.17, 15) is 63.3 Å². The molecule has 0 fully saturated rings. The molecule has 2 rings (SSSR count). The van der Waals surface area contributed by atoms with Gasteiger partial charge in [0, 0.05) is 25.7 Å². The minimum atomic E-state index is -1.72. The van der Waals surface area contributed by atoms with Gasteiger partial charge in [0.1, 0.15) is 48.0 Å². The van der Waals surface area contributed by atoms with E-state index in [0.29, 0.717) is 30.4 Å². The molecule has 0 bridgehead atoms. The fourth-order valence-electron chi connectivity index (χ4n) is 7.98. The standard InChI is InChI=1S/C54H84N10O13/c1-4-5-6-7-8-9-10-11-12-13-17-23-46(68)57-33-47(69)58-35(2)48(70)60-41(28-29-45(56)67)50(72)63-43(31-37-20-15-14-16-21-37)52(74)64-44(34-65)53(75)61-40(22-18-19-30-55)49(71)62-42(51(73)59-36(3)54(76)77)32-38-24-26-39(66)27-25-38/h14-16,20-21,24-27,35-36,40-44,65-66H,4-13,17-19,22-23,28-34,55H2,1-3H3,(H2,56,67)(H,57,68)(H,58,69)(H,59,73)(H,60,70)(H,61,75)(H,62,71)(H,63,72)(H,64,74)(H,76,77)/t35-,36-,40-,41-,42-,43-,44-/m0/s1. The number of primary amides is 1. The highest BCUT2D eigenvalue weighted by molar-refractivity contribution is 5.98. The van der Waals surface area contributed by atoms with Gasteiger partial charge < -0.3 is 69.3 Å². The molecule has 0 radical (unpaired) electrons. The molecule has 23 nitrogen and oxygen atoms in total. The Morgan fingerprint density at radius 2 is 0.961 bits per heavy atom. The highest BCUT2D eigenvalue weighted by atomic mass is 16.4. The lowest BCUT2D eigenvalue weighted by Gasteiger charge is -2.27. The van der Waals surface area contributed by atoms with Crippen molar-refractivity contribution in [2.45, 2.75) is 185 Å². The monoisotopic (exact) mass is 1080 g/mol. The van der Waals surface area contributed by atoms with Gasteiger partial charge in [-0.15, -0.1) is 0 Å². The van der Waals surface area contributed by atoms with E-state index in [4.69, 9.17) is 11.5 Å². The van der Waals surface area contributed by atoms with Crippen LogP contribution in [-0.4, -0.2) is 136 Å². The number of amides is 9. The molecule has 7 atom stereocenters. The SMILES string of the molecule is CCCCCCCCCCCCCC(=O)NCC(=O)N[C@@H](C)C(=O)N[C@@H](CCC(N)=O)C(=O)N[C@@H](Cc1ccccc1)C(=O)N[C@@H](CO)C(=O)N[C@@H](CCCCN)C(=O)N[C@@H](Cc1ccc(O)cc1)C(=O)N[C@@H](C)C(=O)O. The van der Waals surface area contributed by atoms with Crippen LogP contribution < -0.4 is 54.0 Å². The van der Waals surface area contributed by atoms with Crippen molar-refractivity contribution in [2.24, 2.45) is 11.5 Å². The molecule has 0 aliphatic carbocycles. The van der Waals surface area contributed by atoms with Crippen LogP contribution in [-0.2, 0) is 60.8 Å². The van der Waals surface area contributed by atoms with Gasteiger partial charge in [0.25, 0.3) is 0 Å². The Morgan fingerprint density at radius 3 is 1.49 bits per heavy atom. The summed E-state index contributed by atoms with van der Waals surface area (Å²) in [5.41, 5.74) is 12.1. The number of phenolic OH excluding ortho intramolecular Hbond substituents is 1. The Kier molecular flexibility index (Phi) is 32.2. The smallest absolute Gasteiger partial charge is 0.325 e. The number of hydrogen-bond acceptors (Lipinski definition) is 13. The minimum absolute atomic E-state index is 0.0244. The van der Waals surface area contributed by atoms with E-state index in [-0.39, 0.29) is 56.7 Å². The summed E-state index contributed by atoms with van der Waals surface area (Å²) >= 11 is 0. The number of aliphatic hydroxyl groups excluding tert-OH is 1. The van der Waals surface area contributed by atoms with E-state index >= 15 is 0 Å². The molecule has 15 N–H and O–H groups in total. The number of unbranched alkanes of at least 4 members (excludes halogenated alkanes) is 11. The molecule has 0 heterocycles. The van der Waals surface area contributed by atoms with Gasteiger partial charge >= 0.3 is 5.97 Å². The van der Waals surface area contributed by atoms with Crippen molar-refractivity contribution in [2.75, 3.05) is 19.7 Å². The topological polar surface area (TPSA) is 380 Å². The maximum atomic E-state index is 14.1. The number of nitrogens with one attached hydrogen (secondary N) is 8. The summed E-state index contributed by atoms with van der Waals surface area (Å²) in [4.78, 5) is 131. The molecule has 9 amide bonds. The van der Waals surface area contributed by atoms with Crippen LogP contribution in [0.1, 0.15) is 141 Å². The summed E-state index contributed by atoms with van der Waals surface area (Å²) in [5, 5.41) is 49.5. The summed E-state index contributed by atoms with van der Waals surface area (Å²) in [6.07, 6.45) is 12.3. The number of nitrogens with two attached hydrogens (primary N) is 2. The zero-order chi connectivity index (χ0) is 57.1. The minimum Gasteiger partial charge on any atom is -0.508 e.